The molecule has 33 heavy (non-hydrogen) atoms. The van der Waals surface area contributed by atoms with Crippen molar-refractivity contribution in [3.8, 4) is 11.5 Å². The van der Waals surface area contributed by atoms with Gasteiger partial charge in [-0.25, -0.2) is 5.43 Å². The number of ether oxygens (including phenoxy) is 2. The molecule has 0 aliphatic heterocycles. The van der Waals surface area contributed by atoms with E-state index in [9.17, 15) is 4.79 Å². The topological polar surface area (TPSA) is 59.9 Å². The van der Waals surface area contributed by atoms with E-state index in [1.807, 2.05) is 49.4 Å². The maximum absolute atomic E-state index is 12.2. The molecule has 0 aliphatic carbocycles. The number of carbonyl (C=O) groups is 1. The molecule has 0 heterocycles. The summed E-state index contributed by atoms with van der Waals surface area (Å²) in [5, 5.41) is 6.28. The van der Waals surface area contributed by atoms with Crippen LogP contribution in [0, 0.1) is 0 Å². The molecule has 174 valence electrons. The van der Waals surface area contributed by atoms with E-state index < -0.39 is 0 Å². The first-order valence-corrected chi connectivity index (χ1v) is 12.0. The van der Waals surface area contributed by atoms with Gasteiger partial charge in [-0.2, -0.15) is 5.10 Å². The van der Waals surface area contributed by atoms with E-state index in [2.05, 4.69) is 59.4 Å². The van der Waals surface area contributed by atoms with Crippen LogP contribution >= 0.6 is 15.9 Å². The van der Waals surface area contributed by atoms with Crippen molar-refractivity contribution in [1.82, 2.24) is 5.43 Å². The van der Waals surface area contributed by atoms with E-state index in [0.717, 1.165) is 32.3 Å². The number of halogens is 1. The Labute approximate surface area is 204 Å². The summed E-state index contributed by atoms with van der Waals surface area (Å²) in [6.07, 6.45) is 2.56. The predicted molar refractivity (Wildman–Crippen MR) is 138 cm³/mol. The third kappa shape index (κ3) is 6.81. The highest BCUT2D eigenvalue weighted by molar-refractivity contribution is 9.10. The second-order valence-corrected chi connectivity index (χ2v) is 9.63. The lowest BCUT2D eigenvalue weighted by Crippen LogP contribution is -2.18. The van der Waals surface area contributed by atoms with Crippen LogP contribution in [0.25, 0.3) is 10.8 Å². The van der Waals surface area contributed by atoms with Gasteiger partial charge in [0.25, 0.3) is 0 Å². The zero-order valence-corrected chi connectivity index (χ0v) is 21.2. The van der Waals surface area contributed by atoms with Crippen molar-refractivity contribution < 1.29 is 14.3 Å². The summed E-state index contributed by atoms with van der Waals surface area (Å²) < 4.78 is 12.5. The van der Waals surface area contributed by atoms with Crippen LogP contribution in [-0.4, -0.2) is 25.3 Å². The molecule has 1 N–H and O–H groups in total. The molecule has 0 radical (unpaired) electrons. The summed E-state index contributed by atoms with van der Waals surface area (Å²) in [4.78, 5) is 12.2. The molecule has 6 heteroatoms. The number of hydrogen-bond donors (Lipinski definition) is 1. The van der Waals surface area contributed by atoms with Crippen LogP contribution < -0.4 is 14.9 Å². The minimum absolute atomic E-state index is 0.0785. The van der Waals surface area contributed by atoms with Gasteiger partial charge in [-0.15, -0.1) is 0 Å². The largest absolute Gasteiger partial charge is 0.493 e. The number of nitrogens with one attached hydrogen (secondary N) is 1. The fourth-order valence-electron chi connectivity index (χ4n) is 3.41. The molecule has 3 aromatic carbocycles. The molecule has 0 saturated heterocycles. The van der Waals surface area contributed by atoms with Crippen molar-refractivity contribution in [3.05, 3.63) is 70.2 Å². The number of amides is 1. The predicted octanol–water partition coefficient (Wildman–Crippen LogP) is 6.61. The highest BCUT2D eigenvalue weighted by Gasteiger charge is 2.15. The summed E-state index contributed by atoms with van der Waals surface area (Å²) in [6.45, 7) is 9.47. The molecule has 3 rings (SSSR count). The van der Waals surface area contributed by atoms with E-state index in [0.29, 0.717) is 26.1 Å². The van der Waals surface area contributed by atoms with Gasteiger partial charge in [0.15, 0.2) is 0 Å². The first-order chi connectivity index (χ1) is 15.8. The fraction of sp³-hybridized carbons (Fsp3) is 0.333. The number of carbonyl (C=O) groups excluding carboxylic acids is 1. The molecule has 0 saturated carbocycles. The molecule has 3 aromatic rings. The van der Waals surface area contributed by atoms with Crippen molar-refractivity contribution >= 4 is 38.8 Å². The summed E-state index contributed by atoms with van der Waals surface area (Å²) in [5.74, 6) is 1.36. The monoisotopic (exact) mass is 510 g/mol. The highest BCUT2D eigenvalue weighted by atomic mass is 79.9. The molecule has 0 atom stereocenters. The summed E-state index contributed by atoms with van der Waals surface area (Å²) >= 11 is 3.58. The van der Waals surface area contributed by atoms with Gasteiger partial charge >= 0.3 is 0 Å². The van der Waals surface area contributed by atoms with Crippen LogP contribution in [0.4, 0.5) is 0 Å². The molecule has 0 unspecified atom stereocenters. The lowest BCUT2D eigenvalue weighted by molar-refractivity contribution is -0.121. The summed E-state index contributed by atoms with van der Waals surface area (Å²) in [6, 6.07) is 18.1. The van der Waals surface area contributed by atoms with E-state index >= 15 is 0 Å². The summed E-state index contributed by atoms with van der Waals surface area (Å²) in [5.41, 5.74) is 4.77. The minimum atomic E-state index is -0.157. The Morgan fingerprint density at radius 1 is 1.06 bits per heavy atom. The Morgan fingerprint density at radius 2 is 1.82 bits per heavy atom. The molecular formula is C27H31BrN2O3. The van der Waals surface area contributed by atoms with Crippen LogP contribution in [-0.2, 0) is 10.2 Å². The number of hydrazone groups is 1. The number of fused-ring (bicyclic) bond motifs is 1. The molecule has 0 aromatic heterocycles. The average Bonchev–Trinajstić information content (AvgIpc) is 2.78. The molecular weight excluding hydrogens is 480 g/mol. The first kappa shape index (κ1) is 24.8. The minimum Gasteiger partial charge on any atom is -0.493 e. The van der Waals surface area contributed by atoms with Gasteiger partial charge in [0.2, 0.25) is 5.91 Å². The van der Waals surface area contributed by atoms with Gasteiger partial charge < -0.3 is 9.47 Å². The second-order valence-electron chi connectivity index (χ2n) is 8.77. The third-order valence-corrected chi connectivity index (χ3v) is 5.84. The molecule has 0 aliphatic rings. The Bertz CT molecular complexity index is 1140. The lowest BCUT2D eigenvalue weighted by atomic mass is 9.87. The van der Waals surface area contributed by atoms with Crippen LogP contribution in [0.3, 0.4) is 0 Å². The molecule has 0 bridgehead atoms. The Kier molecular flexibility index (Phi) is 8.50. The third-order valence-electron chi connectivity index (χ3n) is 5.22. The van der Waals surface area contributed by atoms with Crippen LogP contribution in [0.1, 0.15) is 51.7 Å². The van der Waals surface area contributed by atoms with E-state index in [1.54, 1.807) is 6.21 Å². The van der Waals surface area contributed by atoms with Gasteiger partial charge in [-0.1, -0.05) is 57.2 Å². The van der Waals surface area contributed by atoms with Gasteiger partial charge in [0, 0.05) is 12.0 Å². The molecule has 5 nitrogen and oxygen atoms in total. The van der Waals surface area contributed by atoms with Gasteiger partial charge in [-0.05, 0) is 69.2 Å². The second kappa shape index (κ2) is 11.3. The van der Waals surface area contributed by atoms with Crippen LogP contribution in [0.15, 0.2) is 64.2 Å². The van der Waals surface area contributed by atoms with Crippen molar-refractivity contribution in [2.24, 2.45) is 5.10 Å². The highest BCUT2D eigenvalue weighted by Crippen LogP contribution is 2.31. The van der Waals surface area contributed by atoms with Crippen molar-refractivity contribution in [2.75, 3.05) is 13.2 Å². The zero-order chi connectivity index (χ0) is 23.8. The number of nitrogens with zero attached hydrogens (tertiary/aromatic N) is 1. The molecule has 1 amide bonds. The first-order valence-electron chi connectivity index (χ1n) is 11.2. The van der Waals surface area contributed by atoms with Crippen molar-refractivity contribution in [3.63, 3.8) is 0 Å². The lowest BCUT2D eigenvalue weighted by Gasteiger charge is -2.20. The SMILES string of the molecule is CCOc1ccc2ccccc2c1/C=N/NC(=O)CCCOc1ccc(C(C)(C)C)cc1Br. The van der Waals surface area contributed by atoms with E-state index in [4.69, 9.17) is 9.47 Å². The Morgan fingerprint density at radius 3 is 2.55 bits per heavy atom. The number of hydrogen-bond acceptors (Lipinski definition) is 4. The zero-order valence-electron chi connectivity index (χ0n) is 19.7. The Balaban J connectivity index is 1.52. The van der Waals surface area contributed by atoms with Crippen molar-refractivity contribution in [1.29, 1.82) is 0 Å². The van der Waals surface area contributed by atoms with Crippen LogP contribution in [0.2, 0.25) is 0 Å². The van der Waals surface area contributed by atoms with E-state index in [1.165, 1.54) is 5.56 Å². The fourth-order valence-corrected chi connectivity index (χ4v) is 3.91. The van der Waals surface area contributed by atoms with Gasteiger partial charge in [-0.3, -0.25) is 4.79 Å². The standard InChI is InChI=1S/C27H31BrN2O3/c1-5-32-24-14-12-19-9-6-7-10-21(19)22(24)18-29-30-26(31)11-8-16-33-25-15-13-20(17-23(25)28)27(2,3)4/h6-7,9-10,12-15,17-18H,5,8,11,16H2,1-4H3,(H,30,31)/b29-18+. The number of rotatable bonds is 9. The smallest absolute Gasteiger partial charge is 0.240 e. The number of benzene rings is 3. The summed E-state index contributed by atoms with van der Waals surface area (Å²) in [7, 11) is 0. The average molecular weight is 511 g/mol. The van der Waals surface area contributed by atoms with Crippen LogP contribution in [0.5, 0.6) is 11.5 Å². The molecule has 0 spiro atoms. The maximum Gasteiger partial charge on any atom is 0.240 e. The Hall–Kier alpha value is -2.86. The quantitative estimate of drug-likeness (QED) is 0.200. The maximum atomic E-state index is 12.2. The van der Waals surface area contributed by atoms with Gasteiger partial charge in [0.1, 0.15) is 11.5 Å². The molecule has 0 fully saturated rings. The van der Waals surface area contributed by atoms with E-state index in [-0.39, 0.29) is 11.3 Å². The van der Waals surface area contributed by atoms with Gasteiger partial charge in [0.05, 0.1) is 23.9 Å². The van der Waals surface area contributed by atoms with Crippen molar-refractivity contribution in [2.45, 2.75) is 46.0 Å². The normalized spacial score (nSPS) is 11.7.